The average molecular weight is 500 g/mol. The molecule has 1 fully saturated rings. The molecule has 3 rings (SSSR count). The van der Waals surface area contributed by atoms with E-state index in [1.807, 2.05) is 0 Å². The monoisotopic (exact) mass is 500 g/mol. The molecule has 0 saturated heterocycles. The van der Waals surface area contributed by atoms with Crippen LogP contribution in [-0.2, 0) is 12.7 Å². The van der Waals surface area contributed by atoms with Crippen LogP contribution < -0.4 is 10.6 Å². The Bertz CT molecular complexity index is 778. The van der Waals surface area contributed by atoms with Gasteiger partial charge in [-0.15, -0.1) is 35.3 Å². The Morgan fingerprint density at radius 1 is 1.35 bits per heavy atom. The van der Waals surface area contributed by atoms with Gasteiger partial charge in [0.25, 0.3) is 0 Å². The number of halogens is 5. The van der Waals surface area contributed by atoms with Gasteiger partial charge in [0.1, 0.15) is 10.8 Å². The number of benzene rings is 1. The third-order valence-electron chi connectivity index (χ3n) is 3.89. The first-order valence-corrected chi connectivity index (χ1v) is 8.49. The number of aromatic nitrogens is 1. The van der Waals surface area contributed by atoms with Crippen LogP contribution in [0.3, 0.4) is 0 Å². The Hall–Kier alpha value is -1.43. The fraction of sp³-hybridized carbons (Fsp3) is 0.375. The molecule has 0 aliphatic heterocycles. The molecule has 2 unspecified atom stereocenters. The standard InChI is InChI=1S/C16H16F4N4S.HI/c1-21-15(22-7-14-24-13(8-25-14)16(18,19)20)23-12-6-10(12)9-4-2-3-5-11(9)17;/h2-5,8,10,12H,6-7H2,1H3,(H2,21,22,23);1H. The summed E-state index contributed by atoms with van der Waals surface area (Å²) in [7, 11) is 1.57. The molecule has 0 radical (unpaired) electrons. The van der Waals surface area contributed by atoms with Crippen LogP contribution in [0, 0.1) is 5.82 Å². The van der Waals surface area contributed by atoms with Crippen LogP contribution in [0.1, 0.15) is 28.6 Å². The van der Waals surface area contributed by atoms with E-state index in [4.69, 9.17) is 0 Å². The summed E-state index contributed by atoms with van der Waals surface area (Å²) >= 11 is 0.937. The van der Waals surface area contributed by atoms with Gasteiger partial charge in [-0.3, -0.25) is 4.99 Å². The summed E-state index contributed by atoms with van der Waals surface area (Å²) < 4.78 is 51.4. The van der Waals surface area contributed by atoms with Crippen molar-refractivity contribution < 1.29 is 17.6 Å². The third-order valence-corrected chi connectivity index (χ3v) is 4.74. The number of nitrogens with one attached hydrogen (secondary N) is 2. The van der Waals surface area contributed by atoms with E-state index in [0.717, 1.165) is 23.1 Å². The quantitative estimate of drug-likeness (QED) is 0.287. The van der Waals surface area contributed by atoms with E-state index < -0.39 is 11.9 Å². The lowest BCUT2D eigenvalue weighted by Gasteiger charge is -2.11. The maximum Gasteiger partial charge on any atom is 0.434 e. The normalized spacial score (nSPS) is 19.7. The first-order chi connectivity index (χ1) is 11.9. The van der Waals surface area contributed by atoms with Gasteiger partial charge in [-0.2, -0.15) is 13.2 Å². The van der Waals surface area contributed by atoms with Gasteiger partial charge in [-0.05, 0) is 18.1 Å². The lowest BCUT2D eigenvalue weighted by molar-refractivity contribution is -0.140. The molecule has 1 aliphatic carbocycles. The fourth-order valence-electron chi connectivity index (χ4n) is 2.53. The summed E-state index contributed by atoms with van der Waals surface area (Å²) in [4.78, 5) is 7.60. The van der Waals surface area contributed by atoms with E-state index in [2.05, 4.69) is 20.6 Å². The molecule has 4 nitrogen and oxygen atoms in total. The minimum Gasteiger partial charge on any atom is -0.353 e. The zero-order valence-corrected chi connectivity index (χ0v) is 16.8. The fourth-order valence-corrected chi connectivity index (χ4v) is 3.27. The Morgan fingerprint density at radius 2 is 2.08 bits per heavy atom. The number of thiazole rings is 1. The summed E-state index contributed by atoms with van der Waals surface area (Å²) in [5, 5.41) is 7.39. The van der Waals surface area contributed by atoms with Gasteiger partial charge in [0.2, 0.25) is 0 Å². The zero-order valence-electron chi connectivity index (χ0n) is 13.7. The second-order valence-electron chi connectivity index (χ2n) is 5.66. The molecule has 1 aromatic heterocycles. The maximum atomic E-state index is 13.8. The van der Waals surface area contributed by atoms with Gasteiger partial charge >= 0.3 is 6.18 Å². The molecule has 2 aromatic rings. The highest BCUT2D eigenvalue weighted by molar-refractivity contribution is 14.0. The predicted molar refractivity (Wildman–Crippen MR) is 103 cm³/mol. The first kappa shape index (κ1) is 20.9. The predicted octanol–water partition coefficient (Wildman–Crippen LogP) is 4.14. The van der Waals surface area contributed by atoms with Gasteiger partial charge in [-0.1, -0.05) is 18.2 Å². The van der Waals surface area contributed by atoms with Gasteiger partial charge in [0, 0.05) is 24.4 Å². The number of hydrogen-bond acceptors (Lipinski definition) is 3. The van der Waals surface area contributed by atoms with Gasteiger partial charge in [0.15, 0.2) is 11.7 Å². The molecule has 0 spiro atoms. The molecular weight excluding hydrogens is 483 g/mol. The van der Waals surface area contributed by atoms with Crippen molar-refractivity contribution in [1.82, 2.24) is 15.6 Å². The Morgan fingerprint density at radius 3 is 2.69 bits per heavy atom. The number of nitrogens with zero attached hydrogens (tertiary/aromatic N) is 2. The van der Waals surface area contributed by atoms with E-state index in [9.17, 15) is 17.6 Å². The highest BCUT2D eigenvalue weighted by Gasteiger charge is 2.40. The number of rotatable bonds is 4. The summed E-state index contributed by atoms with van der Waals surface area (Å²) in [6.07, 6.45) is -3.66. The van der Waals surface area contributed by atoms with Gasteiger partial charge in [0.05, 0.1) is 6.54 Å². The molecule has 26 heavy (non-hydrogen) atoms. The van der Waals surface area contributed by atoms with Crippen LogP contribution in [0.15, 0.2) is 34.6 Å². The molecule has 2 atom stereocenters. The molecule has 142 valence electrons. The van der Waals surface area contributed by atoms with E-state index in [1.165, 1.54) is 6.07 Å². The zero-order chi connectivity index (χ0) is 18.0. The lowest BCUT2D eigenvalue weighted by Crippen LogP contribution is -2.38. The van der Waals surface area contributed by atoms with Crippen LogP contribution >= 0.6 is 35.3 Å². The molecule has 2 N–H and O–H groups in total. The van der Waals surface area contributed by atoms with Crippen molar-refractivity contribution in [3.8, 4) is 0 Å². The molecule has 10 heteroatoms. The van der Waals surface area contributed by atoms with Crippen molar-refractivity contribution in [2.45, 2.75) is 31.1 Å². The van der Waals surface area contributed by atoms with E-state index >= 15 is 0 Å². The van der Waals surface area contributed by atoms with Crippen molar-refractivity contribution in [2.24, 2.45) is 4.99 Å². The van der Waals surface area contributed by atoms with Gasteiger partial charge < -0.3 is 10.6 Å². The minimum absolute atomic E-state index is 0. The molecular formula is C16H17F4IN4S. The lowest BCUT2D eigenvalue weighted by atomic mass is 10.1. The van der Waals surface area contributed by atoms with Crippen LogP contribution in [0.2, 0.25) is 0 Å². The molecule has 0 bridgehead atoms. The van der Waals surface area contributed by atoms with Crippen molar-refractivity contribution in [2.75, 3.05) is 7.05 Å². The first-order valence-electron chi connectivity index (χ1n) is 7.61. The average Bonchev–Trinajstić information content (AvgIpc) is 3.14. The number of guanidine groups is 1. The van der Waals surface area contributed by atoms with E-state index in [0.29, 0.717) is 16.5 Å². The van der Waals surface area contributed by atoms with Gasteiger partial charge in [-0.25, -0.2) is 9.37 Å². The summed E-state index contributed by atoms with van der Waals surface area (Å²) in [5.74, 6) is 0.284. The minimum atomic E-state index is -4.43. The third kappa shape index (κ3) is 5.06. The topological polar surface area (TPSA) is 49.3 Å². The van der Waals surface area contributed by atoms with Crippen molar-refractivity contribution >= 4 is 41.3 Å². The van der Waals surface area contributed by atoms with Crippen LogP contribution in [-0.4, -0.2) is 24.0 Å². The summed E-state index contributed by atoms with van der Waals surface area (Å²) in [6, 6.07) is 6.67. The van der Waals surface area contributed by atoms with E-state index in [1.54, 1.807) is 25.2 Å². The second kappa shape index (κ2) is 8.51. The number of hydrogen-bond donors (Lipinski definition) is 2. The second-order valence-corrected chi connectivity index (χ2v) is 6.61. The molecule has 0 amide bonds. The molecule has 1 aromatic carbocycles. The van der Waals surface area contributed by atoms with Crippen LogP contribution in [0.25, 0.3) is 0 Å². The highest BCUT2D eigenvalue weighted by Crippen LogP contribution is 2.41. The highest BCUT2D eigenvalue weighted by atomic mass is 127. The smallest absolute Gasteiger partial charge is 0.353 e. The number of alkyl halides is 3. The largest absolute Gasteiger partial charge is 0.434 e. The summed E-state index contributed by atoms with van der Waals surface area (Å²) in [5.41, 5.74) is -0.232. The summed E-state index contributed by atoms with van der Waals surface area (Å²) in [6.45, 7) is 0.136. The molecule has 1 saturated carbocycles. The Kier molecular flexibility index (Phi) is 6.83. The van der Waals surface area contributed by atoms with Crippen molar-refractivity contribution in [3.63, 3.8) is 0 Å². The molecule has 1 aliphatic rings. The van der Waals surface area contributed by atoms with Crippen molar-refractivity contribution in [1.29, 1.82) is 0 Å². The number of aliphatic imine (C=N–C) groups is 1. The SMILES string of the molecule is CN=C(NCc1nc(C(F)(F)F)cs1)NC1CC1c1ccccc1F.I. The maximum absolute atomic E-state index is 13.8. The van der Waals surface area contributed by atoms with Crippen LogP contribution in [0.4, 0.5) is 17.6 Å². The van der Waals surface area contributed by atoms with E-state index in [-0.39, 0.29) is 48.3 Å². The Balaban J connectivity index is 0.00000243. The van der Waals surface area contributed by atoms with Crippen LogP contribution in [0.5, 0.6) is 0 Å². The van der Waals surface area contributed by atoms with Crippen molar-refractivity contribution in [3.05, 3.63) is 51.7 Å². The molecule has 1 heterocycles. The Labute approximate surface area is 169 Å².